The molecule has 1 N–H and O–H groups in total. The lowest BCUT2D eigenvalue weighted by Gasteiger charge is -2.25. The summed E-state index contributed by atoms with van der Waals surface area (Å²) in [6.07, 6.45) is 3.55. The van der Waals surface area contributed by atoms with Crippen LogP contribution in [0.4, 0.5) is 0 Å². The van der Waals surface area contributed by atoms with Crippen LogP contribution in [0.5, 0.6) is 0 Å². The van der Waals surface area contributed by atoms with Gasteiger partial charge in [0.15, 0.2) is 5.78 Å². The third-order valence-electron chi connectivity index (χ3n) is 3.22. The molecule has 1 atom stereocenters. The molecular weight excluding hydrogens is 186 g/mol. The molecule has 15 heavy (non-hydrogen) atoms. The van der Waals surface area contributed by atoms with E-state index in [0.29, 0.717) is 6.04 Å². The number of aryl methyl sites for hydroxylation is 1. The maximum atomic E-state index is 11.3. The van der Waals surface area contributed by atoms with Crippen LogP contribution < -0.4 is 5.32 Å². The van der Waals surface area contributed by atoms with Crippen LogP contribution in [0.3, 0.4) is 0 Å². The molecule has 0 fully saturated rings. The molecule has 80 valence electrons. The predicted octanol–water partition coefficient (Wildman–Crippen LogP) is 2.49. The van der Waals surface area contributed by atoms with Crippen molar-refractivity contribution in [2.45, 2.75) is 32.2 Å². The third kappa shape index (κ3) is 1.95. The minimum atomic E-state index is 0.151. The molecule has 1 unspecified atom stereocenters. The Kier molecular flexibility index (Phi) is 2.87. The number of benzene rings is 1. The van der Waals surface area contributed by atoms with Crippen LogP contribution in [0.25, 0.3) is 0 Å². The van der Waals surface area contributed by atoms with Gasteiger partial charge in [-0.25, -0.2) is 0 Å². The van der Waals surface area contributed by atoms with Crippen LogP contribution in [0.2, 0.25) is 0 Å². The van der Waals surface area contributed by atoms with E-state index in [1.165, 1.54) is 24.0 Å². The maximum absolute atomic E-state index is 11.3. The maximum Gasteiger partial charge on any atom is 0.159 e. The van der Waals surface area contributed by atoms with E-state index in [2.05, 4.69) is 17.4 Å². The highest BCUT2D eigenvalue weighted by Crippen LogP contribution is 2.30. The van der Waals surface area contributed by atoms with Gasteiger partial charge in [0.05, 0.1) is 0 Å². The summed E-state index contributed by atoms with van der Waals surface area (Å²) in [6.45, 7) is 1.62. The fraction of sp³-hybridized carbons (Fsp3) is 0.462. The molecule has 0 bridgehead atoms. The number of carbonyl (C=O) groups is 1. The van der Waals surface area contributed by atoms with Crippen molar-refractivity contribution in [1.82, 2.24) is 5.32 Å². The molecule has 1 aliphatic carbocycles. The first-order chi connectivity index (χ1) is 7.22. The van der Waals surface area contributed by atoms with E-state index in [1.807, 2.05) is 13.1 Å². The Morgan fingerprint density at radius 1 is 1.47 bits per heavy atom. The Balaban J connectivity index is 2.43. The molecule has 0 aromatic heterocycles. The van der Waals surface area contributed by atoms with Gasteiger partial charge in [-0.2, -0.15) is 0 Å². The number of hydrogen-bond acceptors (Lipinski definition) is 2. The number of ketones is 1. The van der Waals surface area contributed by atoms with E-state index < -0.39 is 0 Å². The van der Waals surface area contributed by atoms with Crippen molar-refractivity contribution >= 4 is 5.78 Å². The lowest BCUT2D eigenvalue weighted by atomic mass is 9.86. The zero-order chi connectivity index (χ0) is 10.8. The van der Waals surface area contributed by atoms with Gasteiger partial charge in [-0.05, 0) is 50.4 Å². The predicted molar refractivity (Wildman–Crippen MR) is 61.2 cm³/mol. The molecule has 0 spiro atoms. The SMILES string of the molecule is CNC1CCCc2ccc(C(C)=O)cc21. The van der Waals surface area contributed by atoms with Gasteiger partial charge >= 0.3 is 0 Å². The fourth-order valence-electron chi connectivity index (χ4n) is 2.32. The Bertz CT molecular complexity index is 384. The highest BCUT2D eigenvalue weighted by atomic mass is 16.1. The van der Waals surface area contributed by atoms with Gasteiger partial charge in [0.2, 0.25) is 0 Å². The van der Waals surface area contributed by atoms with Gasteiger partial charge in [-0.1, -0.05) is 12.1 Å². The van der Waals surface area contributed by atoms with Crippen LogP contribution in [-0.4, -0.2) is 12.8 Å². The standard InChI is InChI=1S/C13H17NO/c1-9(15)11-7-6-10-4-3-5-13(14-2)12(10)8-11/h6-8,13-14H,3-5H2,1-2H3. The Morgan fingerprint density at radius 3 is 2.93 bits per heavy atom. The molecule has 1 aromatic rings. The van der Waals surface area contributed by atoms with Crippen LogP contribution in [0.1, 0.15) is 47.3 Å². The molecule has 0 saturated carbocycles. The van der Waals surface area contributed by atoms with Crippen molar-refractivity contribution in [3.63, 3.8) is 0 Å². The summed E-state index contributed by atoms with van der Waals surface area (Å²) in [6, 6.07) is 6.53. The normalized spacial score (nSPS) is 19.7. The molecule has 0 saturated heterocycles. The van der Waals surface area contributed by atoms with Gasteiger partial charge in [-0.3, -0.25) is 4.79 Å². The van der Waals surface area contributed by atoms with E-state index in [4.69, 9.17) is 0 Å². The van der Waals surface area contributed by atoms with Crippen LogP contribution >= 0.6 is 0 Å². The van der Waals surface area contributed by atoms with E-state index in [-0.39, 0.29) is 5.78 Å². The lowest BCUT2D eigenvalue weighted by Crippen LogP contribution is -2.21. The smallest absolute Gasteiger partial charge is 0.159 e. The van der Waals surface area contributed by atoms with E-state index >= 15 is 0 Å². The van der Waals surface area contributed by atoms with Crippen molar-refractivity contribution in [2.24, 2.45) is 0 Å². The molecule has 0 radical (unpaired) electrons. The topological polar surface area (TPSA) is 29.1 Å². The monoisotopic (exact) mass is 203 g/mol. The fourth-order valence-corrected chi connectivity index (χ4v) is 2.32. The summed E-state index contributed by atoms with van der Waals surface area (Å²) in [7, 11) is 1.99. The van der Waals surface area contributed by atoms with Crippen molar-refractivity contribution in [1.29, 1.82) is 0 Å². The highest BCUT2D eigenvalue weighted by Gasteiger charge is 2.19. The molecule has 2 nitrogen and oxygen atoms in total. The van der Waals surface area contributed by atoms with Crippen molar-refractivity contribution in [3.05, 3.63) is 34.9 Å². The summed E-state index contributed by atoms with van der Waals surface area (Å²) < 4.78 is 0. The molecule has 2 heteroatoms. The second-order valence-corrected chi connectivity index (χ2v) is 4.20. The van der Waals surface area contributed by atoms with E-state index in [1.54, 1.807) is 6.92 Å². The van der Waals surface area contributed by atoms with Gasteiger partial charge in [0, 0.05) is 11.6 Å². The average molecular weight is 203 g/mol. The Morgan fingerprint density at radius 2 is 2.27 bits per heavy atom. The molecule has 1 aromatic carbocycles. The third-order valence-corrected chi connectivity index (χ3v) is 3.22. The van der Waals surface area contributed by atoms with Gasteiger partial charge < -0.3 is 5.32 Å². The number of carbonyl (C=O) groups excluding carboxylic acids is 1. The Labute approximate surface area is 90.7 Å². The van der Waals surface area contributed by atoms with Gasteiger partial charge in [-0.15, -0.1) is 0 Å². The van der Waals surface area contributed by atoms with Gasteiger partial charge in [0.1, 0.15) is 0 Å². The van der Waals surface area contributed by atoms with Crippen LogP contribution in [0, 0.1) is 0 Å². The average Bonchev–Trinajstić information content (AvgIpc) is 2.27. The minimum Gasteiger partial charge on any atom is -0.313 e. The van der Waals surface area contributed by atoms with Crippen LogP contribution in [-0.2, 0) is 6.42 Å². The largest absolute Gasteiger partial charge is 0.313 e. The summed E-state index contributed by atoms with van der Waals surface area (Å²) in [5, 5.41) is 3.31. The first kappa shape index (κ1) is 10.4. The Hall–Kier alpha value is -1.15. The molecule has 0 amide bonds. The number of fused-ring (bicyclic) bond motifs is 1. The molecule has 0 heterocycles. The zero-order valence-electron chi connectivity index (χ0n) is 9.34. The number of rotatable bonds is 2. The summed E-state index contributed by atoms with van der Waals surface area (Å²) in [5.41, 5.74) is 3.54. The number of nitrogens with one attached hydrogen (secondary N) is 1. The van der Waals surface area contributed by atoms with Crippen molar-refractivity contribution < 1.29 is 4.79 Å². The molecule has 2 rings (SSSR count). The highest BCUT2D eigenvalue weighted by molar-refractivity contribution is 5.94. The molecule has 0 aliphatic heterocycles. The molecule has 1 aliphatic rings. The van der Waals surface area contributed by atoms with Gasteiger partial charge in [0.25, 0.3) is 0 Å². The quantitative estimate of drug-likeness (QED) is 0.748. The van der Waals surface area contributed by atoms with E-state index in [0.717, 1.165) is 12.0 Å². The first-order valence-corrected chi connectivity index (χ1v) is 5.53. The number of hydrogen-bond donors (Lipinski definition) is 1. The lowest BCUT2D eigenvalue weighted by molar-refractivity contribution is 0.101. The second-order valence-electron chi connectivity index (χ2n) is 4.20. The zero-order valence-corrected chi connectivity index (χ0v) is 9.34. The van der Waals surface area contributed by atoms with Crippen LogP contribution in [0.15, 0.2) is 18.2 Å². The number of Topliss-reactive ketones (excluding diaryl/α,β-unsaturated/α-hetero) is 1. The van der Waals surface area contributed by atoms with Crippen molar-refractivity contribution in [3.8, 4) is 0 Å². The molecular formula is C13H17NO. The summed E-state index contributed by atoms with van der Waals surface area (Å²) >= 11 is 0. The summed E-state index contributed by atoms with van der Waals surface area (Å²) in [4.78, 5) is 11.3. The van der Waals surface area contributed by atoms with E-state index in [9.17, 15) is 4.79 Å². The summed E-state index contributed by atoms with van der Waals surface area (Å²) in [5.74, 6) is 0.151. The van der Waals surface area contributed by atoms with Crippen molar-refractivity contribution in [2.75, 3.05) is 7.05 Å². The second kappa shape index (κ2) is 4.15. The minimum absolute atomic E-state index is 0.151. The first-order valence-electron chi connectivity index (χ1n) is 5.53.